The molecule has 2 aromatic rings. The van der Waals surface area contributed by atoms with E-state index in [9.17, 15) is 4.79 Å². The van der Waals surface area contributed by atoms with Crippen LogP contribution in [-0.2, 0) is 4.79 Å². The predicted octanol–water partition coefficient (Wildman–Crippen LogP) is 3.71. The summed E-state index contributed by atoms with van der Waals surface area (Å²) in [5, 5.41) is 3.44. The van der Waals surface area contributed by atoms with E-state index in [1.54, 1.807) is 0 Å². The van der Waals surface area contributed by atoms with Crippen LogP contribution in [0.2, 0.25) is 0 Å². The Kier molecular flexibility index (Phi) is 4.46. The quantitative estimate of drug-likeness (QED) is 0.883. The number of para-hydroxylation sites is 2. The second kappa shape index (κ2) is 6.87. The van der Waals surface area contributed by atoms with E-state index in [1.807, 2.05) is 0 Å². The number of rotatable bonds is 3. The largest absolute Gasteiger partial charge is 0.342 e. The minimum absolute atomic E-state index is 0.275. The van der Waals surface area contributed by atoms with Crippen molar-refractivity contribution in [2.24, 2.45) is 11.3 Å². The molecule has 1 saturated carbocycles. The molecule has 1 amide bonds. The molecule has 1 aromatic heterocycles. The number of benzene rings is 1. The van der Waals surface area contributed by atoms with Crippen LogP contribution in [0.15, 0.2) is 24.3 Å². The van der Waals surface area contributed by atoms with Crippen LogP contribution >= 0.6 is 0 Å². The minimum Gasteiger partial charge on any atom is -0.342 e. The van der Waals surface area contributed by atoms with Gasteiger partial charge in [-0.1, -0.05) is 12.1 Å². The SMILES string of the molecule is CC(C)n1c(C2CCCN(C(=O)C3CC34CCNCC4)C2)nc2ccccc21. The summed E-state index contributed by atoms with van der Waals surface area (Å²) in [5.41, 5.74) is 2.61. The number of piperidine rings is 2. The van der Waals surface area contributed by atoms with E-state index < -0.39 is 0 Å². The molecule has 2 aliphatic heterocycles. The van der Waals surface area contributed by atoms with E-state index in [0.29, 0.717) is 23.3 Å². The van der Waals surface area contributed by atoms with Crippen molar-refractivity contribution in [1.29, 1.82) is 0 Å². The molecule has 1 aliphatic carbocycles. The average Bonchev–Trinajstić information content (AvgIpc) is 3.24. The van der Waals surface area contributed by atoms with Gasteiger partial charge in [-0.15, -0.1) is 0 Å². The summed E-state index contributed by atoms with van der Waals surface area (Å²) in [4.78, 5) is 20.5. The van der Waals surface area contributed by atoms with Gasteiger partial charge in [-0.25, -0.2) is 4.98 Å². The zero-order valence-electron chi connectivity index (χ0n) is 17.2. The molecule has 1 spiro atoms. The number of fused-ring (bicyclic) bond motifs is 1. The highest BCUT2D eigenvalue weighted by atomic mass is 16.2. The van der Waals surface area contributed by atoms with Crippen molar-refractivity contribution >= 4 is 16.9 Å². The number of hydrogen-bond acceptors (Lipinski definition) is 3. The lowest BCUT2D eigenvalue weighted by atomic mass is 9.90. The van der Waals surface area contributed by atoms with Gasteiger partial charge in [-0.3, -0.25) is 4.79 Å². The number of amides is 1. The van der Waals surface area contributed by atoms with Gasteiger partial charge in [-0.05, 0) is 76.6 Å². The van der Waals surface area contributed by atoms with Gasteiger partial charge in [0.2, 0.25) is 5.91 Å². The molecular weight excluding hydrogens is 348 g/mol. The molecular formula is C23H32N4O. The molecule has 1 N–H and O–H groups in total. The maximum atomic E-state index is 13.3. The summed E-state index contributed by atoms with van der Waals surface area (Å²) in [6, 6.07) is 8.80. The second-order valence-electron chi connectivity index (χ2n) is 9.41. The summed E-state index contributed by atoms with van der Waals surface area (Å²) >= 11 is 0. The zero-order chi connectivity index (χ0) is 19.3. The molecule has 3 fully saturated rings. The third-order valence-electron chi connectivity index (χ3n) is 7.32. The standard InChI is InChI=1S/C23H32N4O/c1-16(2)27-20-8-4-3-7-19(20)25-21(27)17-6-5-13-26(15-17)22(28)18-14-23(18)9-11-24-12-10-23/h3-4,7-8,16-18,24H,5-6,9-15H2,1-2H3. The molecule has 5 nitrogen and oxygen atoms in total. The summed E-state index contributed by atoms with van der Waals surface area (Å²) in [6.07, 6.45) is 5.66. The lowest BCUT2D eigenvalue weighted by Gasteiger charge is -2.34. The molecule has 5 rings (SSSR count). The summed E-state index contributed by atoms with van der Waals surface area (Å²) in [6.45, 7) is 8.36. The van der Waals surface area contributed by atoms with Gasteiger partial charge >= 0.3 is 0 Å². The number of imidazole rings is 1. The molecule has 2 saturated heterocycles. The van der Waals surface area contributed by atoms with Gasteiger partial charge in [0.25, 0.3) is 0 Å². The van der Waals surface area contributed by atoms with Crippen molar-refractivity contribution in [2.75, 3.05) is 26.2 Å². The fourth-order valence-electron chi connectivity index (χ4n) is 5.68. The molecule has 2 unspecified atom stereocenters. The van der Waals surface area contributed by atoms with Crippen molar-refractivity contribution in [2.45, 2.75) is 57.9 Å². The first kappa shape index (κ1) is 18.2. The minimum atomic E-state index is 0.275. The topological polar surface area (TPSA) is 50.2 Å². The van der Waals surface area contributed by atoms with Crippen LogP contribution < -0.4 is 5.32 Å². The van der Waals surface area contributed by atoms with E-state index in [4.69, 9.17) is 4.98 Å². The van der Waals surface area contributed by atoms with Crippen molar-refractivity contribution in [3.05, 3.63) is 30.1 Å². The first-order chi connectivity index (χ1) is 13.6. The highest BCUT2D eigenvalue weighted by Crippen LogP contribution is 2.59. The Morgan fingerprint density at radius 1 is 1.25 bits per heavy atom. The summed E-state index contributed by atoms with van der Waals surface area (Å²) < 4.78 is 2.39. The zero-order valence-corrected chi connectivity index (χ0v) is 17.2. The van der Waals surface area contributed by atoms with Crippen molar-refractivity contribution in [3.63, 3.8) is 0 Å². The number of carbonyl (C=O) groups excluding carboxylic acids is 1. The summed E-state index contributed by atoms with van der Waals surface area (Å²) in [5.74, 6) is 2.20. The average molecular weight is 381 g/mol. The van der Waals surface area contributed by atoms with E-state index in [-0.39, 0.29) is 5.92 Å². The third-order valence-corrected chi connectivity index (χ3v) is 7.32. The number of aromatic nitrogens is 2. The molecule has 1 aromatic carbocycles. The fraction of sp³-hybridized carbons (Fsp3) is 0.652. The Hall–Kier alpha value is -1.88. The van der Waals surface area contributed by atoms with E-state index in [0.717, 1.165) is 51.0 Å². The lowest BCUT2D eigenvalue weighted by Crippen LogP contribution is -2.42. The van der Waals surface area contributed by atoms with Crippen LogP contribution in [0.3, 0.4) is 0 Å². The molecule has 0 radical (unpaired) electrons. The summed E-state index contributed by atoms with van der Waals surface area (Å²) in [7, 11) is 0. The number of likely N-dealkylation sites (tertiary alicyclic amines) is 1. The molecule has 5 heteroatoms. The monoisotopic (exact) mass is 380 g/mol. The van der Waals surface area contributed by atoms with Crippen LogP contribution in [-0.4, -0.2) is 46.5 Å². The van der Waals surface area contributed by atoms with Crippen LogP contribution in [0.4, 0.5) is 0 Å². The van der Waals surface area contributed by atoms with Crippen molar-refractivity contribution in [3.8, 4) is 0 Å². The number of nitrogens with zero attached hydrogens (tertiary/aromatic N) is 3. The molecule has 28 heavy (non-hydrogen) atoms. The Labute approximate surface area is 167 Å². The van der Waals surface area contributed by atoms with E-state index in [1.165, 1.54) is 24.2 Å². The number of hydrogen-bond donors (Lipinski definition) is 1. The Balaban J connectivity index is 1.37. The molecule has 2 atom stereocenters. The Morgan fingerprint density at radius 2 is 2.04 bits per heavy atom. The molecule has 3 heterocycles. The maximum absolute atomic E-state index is 13.3. The predicted molar refractivity (Wildman–Crippen MR) is 111 cm³/mol. The lowest BCUT2D eigenvalue weighted by molar-refractivity contribution is -0.134. The van der Waals surface area contributed by atoms with E-state index in [2.05, 4.69) is 52.9 Å². The highest BCUT2D eigenvalue weighted by molar-refractivity contribution is 5.83. The maximum Gasteiger partial charge on any atom is 0.226 e. The second-order valence-corrected chi connectivity index (χ2v) is 9.41. The van der Waals surface area contributed by atoms with Crippen LogP contribution in [0.25, 0.3) is 11.0 Å². The molecule has 150 valence electrons. The Bertz CT molecular complexity index is 880. The molecule has 3 aliphatic rings. The van der Waals surface area contributed by atoms with Crippen LogP contribution in [0.5, 0.6) is 0 Å². The smallest absolute Gasteiger partial charge is 0.226 e. The van der Waals surface area contributed by atoms with Crippen molar-refractivity contribution < 1.29 is 4.79 Å². The highest BCUT2D eigenvalue weighted by Gasteiger charge is 2.58. The number of nitrogens with one attached hydrogen (secondary N) is 1. The molecule has 0 bridgehead atoms. The normalized spacial score (nSPS) is 26.9. The number of carbonyl (C=O) groups is 1. The fourth-order valence-corrected chi connectivity index (χ4v) is 5.68. The van der Waals surface area contributed by atoms with E-state index >= 15 is 0 Å². The van der Waals surface area contributed by atoms with Gasteiger partial charge in [0.05, 0.1) is 11.0 Å². The van der Waals surface area contributed by atoms with Gasteiger partial charge in [0.1, 0.15) is 5.82 Å². The van der Waals surface area contributed by atoms with Crippen LogP contribution in [0, 0.1) is 11.3 Å². The van der Waals surface area contributed by atoms with Gasteiger partial charge in [0, 0.05) is 31.0 Å². The Morgan fingerprint density at radius 3 is 2.82 bits per heavy atom. The van der Waals surface area contributed by atoms with Crippen molar-refractivity contribution in [1.82, 2.24) is 19.8 Å². The van der Waals surface area contributed by atoms with Gasteiger partial charge in [0.15, 0.2) is 0 Å². The third kappa shape index (κ3) is 2.95. The first-order valence-corrected chi connectivity index (χ1v) is 11.1. The first-order valence-electron chi connectivity index (χ1n) is 11.1. The van der Waals surface area contributed by atoms with Gasteiger partial charge < -0.3 is 14.8 Å². The van der Waals surface area contributed by atoms with Crippen LogP contribution in [0.1, 0.15) is 63.7 Å². The van der Waals surface area contributed by atoms with Gasteiger partial charge in [-0.2, -0.15) is 0 Å².